The third kappa shape index (κ3) is 2.99. The Kier molecular flexibility index (Phi) is 3.95. The molecule has 4 rings (SSSR count). The Morgan fingerprint density at radius 2 is 2.00 bits per heavy atom. The summed E-state index contributed by atoms with van der Waals surface area (Å²) in [5, 5.41) is 2.79. The topological polar surface area (TPSA) is 75.2 Å². The van der Waals surface area contributed by atoms with Gasteiger partial charge < -0.3 is 10.2 Å². The van der Waals surface area contributed by atoms with E-state index in [-0.39, 0.29) is 24.2 Å². The fourth-order valence-corrected chi connectivity index (χ4v) is 3.61. The van der Waals surface area contributed by atoms with E-state index in [1.807, 2.05) is 6.07 Å². The molecule has 1 aromatic carbocycles. The van der Waals surface area contributed by atoms with E-state index in [2.05, 4.69) is 27.4 Å². The monoisotopic (exact) mass is 336 g/mol. The molecule has 2 aliphatic rings. The molecule has 0 bridgehead atoms. The molecule has 1 atom stereocenters. The zero-order valence-corrected chi connectivity index (χ0v) is 14.2. The Bertz CT molecular complexity index is 849. The molecule has 128 valence electrons. The lowest BCUT2D eigenvalue weighted by atomic mass is 10.1. The number of aryl methyl sites for hydroxylation is 3. The van der Waals surface area contributed by atoms with Gasteiger partial charge in [0, 0.05) is 31.0 Å². The second-order valence-electron chi connectivity index (χ2n) is 6.69. The van der Waals surface area contributed by atoms with Crippen molar-refractivity contribution in [1.82, 2.24) is 9.97 Å². The number of nitrogens with zero attached hydrogens (tertiary/aromatic N) is 3. The highest BCUT2D eigenvalue weighted by molar-refractivity contribution is 6.03. The second kappa shape index (κ2) is 6.27. The Morgan fingerprint density at radius 1 is 1.20 bits per heavy atom. The molecule has 25 heavy (non-hydrogen) atoms. The minimum Gasteiger partial charge on any atom is -0.312 e. The summed E-state index contributed by atoms with van der Waals surface area (Å²) in [6, 6.07) is 6.21. The van der Waals surface area contributed by atoms with Gasteiger partial charge in [0.15, 0.2) is 5.82 Å². The van der Waals surface area contributed by atoms with Gasteiger partial charge in [-0.05, 0) is 49.4 Å². The van der Waals surface area contributed by atoms with Crippen LogP contribution in [0.5, 0.6) is 0 Å². The van der Waals surface area contributed by atoms with Crippen molar-refractivity contribution < 1.29 is 9.59 Å². The number of benzene rings is 1. The molecular weight excluding hydrogens is 316 g/mol. The smallest absolute Gasteiger partial charge is 0.231 e. The fraction of sp³-hybridized carbons (Fsp3) is 0.368. The third-order valence-electron chi connectivity index (χ3n) is 5.01. The SMILES string of the molecule is Cc1nccnc1NC(=O)C1CC(=O)N(c2ccc3c(c2)CCC3)C1. The van der Waals surface area contributed by atoms with Gasteiger partial charge in [-0.1, -0.05) is 6.07 Å². The Hall–Kier alpha value is -2.76. The normalized spacial score (nSPS) is 19.2. The molecule has 0 spiro atoms. The maximum absolute atomic E-state index is 12.5. The molecule has 0 radical (unpaired) electrons. The highest BCUT2D eigenvalue weighted by atomic mass is 16.2. The minimum atomic E-state index is -0.373. The lowest BCUT2D eigenvalue weighted by Crippen LogP contribution is -2.28. The molecule has 1 fully saturated rings. The molecule has 0 saturated carbocycles. The largest absolute Gasteiger partial charge is 0.312 e. The summed E-state index contributed by atoms with van der Waals surface area (Å²) < 4.78 is 0. The van der Waals surface area contributed by atoms with E-state index >= 15 is 0 Å². The average molecular weight is 336 g/mol. The van der Waals surface area contributed by atoms with Gasteiger partial charge in [-0.2, -0.15) is 0 Å². The molecule has 1 saturated heterocycles. The van der Waals surface area contributed by atoms with Gasteiger partial charge in [-0.3, -0.25) is 14.6 Å². The summed E-state index contributed by atoms with van der Waals surface area (Å²) in [6.45, 7) is 2.20. The van der Waals surface area contributed by atoms with Crippen LogP contribution in [-0.2, 0) is 22.4 Å². The van der Waals surface area contributed by atoms with Gasteiger partial charge in [0.2, 0.25) is 11.8 Å². The number of carbonyl (C=O) groups is 2. The first-order chi connectivity index (χ1) is 12.1. The highest BCUT2D eigenvalue weighted by Gasteiger charge is 2.35. The van der Waals surface area contributed by atoms with Crippen LogP contribution in [0.25, 0.3) is 0 Å². The Balaban J connectivity index is 1.48. The van der Waals surface area contributed by atoms with E-state index in [0.29, 0.717) is 18.1 Å². The standard InChI is InChI=1S/C19H20N4O2/c1-12-18(21-8-7-20-12)22-19(25)15-10-17(24)23(11-15)16-6-5-13-3-2-4-14(13)9-16/h5-9,15H,2-4,10-11H2,1H3,(H,21,22,25). The lowest BCUT2D eigenvalue weighted by molar-refractivity contribution is -0.122. The molecule has 1 unspecified atom stereocenters. The van der Waals surface area contributed by atoms with Crippen molar-refractivity contribution in [3.8, 4) is 0 Å². The maximum Gasteiger partial charge on any atom is 0.231 e. The predicted octanol–water partition coefficient (Wildman–Crippen LogP) is 2.27. The molecule has 6 heteroatoms. The molecule has 2 aromatic rings. The molecule has 1 aromatic heterocycles. The van der Waals surface area contributed by atoms with Crippen molar-refractivity contribution in [3.63, 3.8) is 0 Å². The van der Waals surface area contributed by atoms with E-state index in [4.69, 9.17) is 0 Å². The van der Waals surface area contributed by atoms with Crippen LogP contribution < -0.4 is 10.2 Å². The molecule has 1 aliphatic heterocycles. The van der Waals surface area contributed by atoms with E-state index in [0.717, 1.165) is 18.5 Å². The number of hydrogen-bond acceptors (Lipinski definition) is 4. The zero-order chi connectivity index (χ0) is 17.4. The van der Waals surface area contributed by atoms with Gasteiger partial charge in [0.05, 0.1) is 11.6 Å². The molecule has 2 amide bonds. The van der Waals surface area contributed by atoms with E-state index in [9.17, 15) is 9.59 Å². The minimum absolute atomic E-state index is 0.00559. The summed E-state index contributed by atoms with van der Waals surface area (Å²) in [5.41, 5.74) is 4.27. The molecular formula is C19H20N4O2. The number of aromatic nitrogens is 2. The van der Waals surface area contributed by atoms with E-state index < -0.39 is 0 Å². The molecule has 6 nitrogen and oxygen atoms in total. The highest BCUT2D eigenvalue weighted by Crippen LogP contribution is 2.30. The van der Waals surface area contributed by atoms with Crippen LogP contribution in [0.4, 0.5) is 11.5 Å². The van der Waals surface area contributed by atoms with Crippen molar-refractivity contribution in [1.29, 1.82) is 0 Å². The van der Waals surface area contributed by atoms with Gasteiger partial charge >= 0.3 is 0 Å². The molecule has 1 N–H and O–H groups in total. The zero-order valence-electron chi connectivity index (χ0n) is 14.2. The van der Waals surface area contributed by atoms with E-state index in [1.165, 1.54) is 17.5 Å². The fourth-order valence-electron chi connectivity index (χ4n) is 3.61. The summed E-state index contributed by atoms with van der Waals surface area (Å²) in [6.07, 6.45) is 6.71. The van der Waals surface area contributed by atoms with Crippen molar-refractivity contribution in [3.05, 3.63) is 47.4 Å². The molecule has 2 heterocycles. The number of anilines is 2. The van der Waals surface area contributed by atoms with Crippen LogP contribution in [0.3, 0.4) is 0 Å². The van der Waals surface area contributed by atoms with Crippen LogP contribution >= 0.6 is 0 Å². The summed E-state index contributed by atoms with van der Waals surface area (Å²) in [7, 11) is 0. The Morgan fingerprint density at radius 3 is 2.84 bits per heavy atom. The number of hydrogen-bond donors (Lipinski definition) is 1. The van der Waals surface area contributed by atoms with Crippen LogP contribution in [0.1, 0.15) is 29.7 Å². The number of fused-ring (bicyclic) bond motifs is 1. The van der Waals surface area contributed by atoms with Crippen molar-refractivity contribution >= 4 is 23.3 Å². The summed E-state index contributed by atoms with van der Waals surface area (Å²) >= 11 is 0. The first kappa shape index (κ1) is 15.7. The van der Waals surface area contributed by atoms with Gasteiger partial charge in [-0.25, -0.2) is 4.98 Å². The van der Waals surface area contributed by atoms with E-state index in [1.54, 1.807) is 24.2 Å². The Labute approximate surface area is 146 Å². The second-order valence-corrected chi connectivity index (χ2v) is 6.69. The van der Waals surface area contributed by atoms with Crippen molar-refractivity contribution in [2.75, 3.05) is 16.8 Å². The van der Waals surface area contributed by atoms with Crippen LogP contribution in [0, 0.1) is 12.8 Å². The van der Waals surface area contributed by atoms with Gasteiger partial charge in [0.1, 0.15) is 0 Å². The van der Waals surface area contributed by atoms with Crippen molar-refractivity contribution in [2.24, 2.45) is 5.92 Å². The van der Waals surface area contributed by atoms with Crippen LogP contribution in [0.15, 0.2) is 30.6 Å². The number of nitrogens with one attached hydrogen (secondary N) is 1. The first-order valence-electron chi connectivity index (χ1n) is 8.62. The maximum atomic E-state index is 12.5. The number of rotatable bonds is 3. The summed E-state index contributed by atoms with van der Waals surface area (Å²) in [5.74, 6) is -0.104. The van der Waals surface area contributed by atoms with Gasteiger partial charge in [-0.15, -0.1) is 0 Å². The average Bonchev–Trinajstić information content (AvgIpc) is 3.22. The van der Waals surface area contributed by atoms with Crippen molar-refractivity contribution in [2.45, 2.75) is 32.6 Å². The first-order valence-corrected chi connectivity index (χ1v) is 8.62. The lowest BCUT2D eigenvalue weighted by Gasteiger charge is -2.18. The molecule has 1 aliphatic carbocycles. The van der Waals surface area contributed by atoms with Crippen LogP contribution in [0.2, 0.25) is 0 Å². The summed E-state index contributed by atoms with van der Waals surface area (Å²) in [4.78, 5) is 34.9. The quantitative estimate of drug-likeness (QED) is 0.933. The predicted molar refractivity (Wildman–Crippen MR) is 94.3 cm³/mol. The van der Waals surface area contributed by atoms with Gasteiger partial charge in [0.25, 0.3) is 0 Å². The number of carbonyl (C=O) groups excluding carboxylic acids is 2. The third-order valence-corrected chi connectivity index (χ3v) is 5.01. The van der Waals surface area contributed by atoms with Crippen LogP contribution in [-0.4, -0.2) is 28.3 Å². The number of amides is 2.